The van der Waals surface area contributed by atoms with Crippen molar-refractivity contribution >= 4 is 21.8 Å². The first-order valence-corrected chi connectivity index (χ1v) is 10.3. The van der Waals surface area contributed by atoms with Gasteiger partial charge in [0.05, 0.1) is 16.7 Å². The highest BCUT2D eigenvalue weighted by Gasteiger charge is 2.35. The molecule has 3 rings (SSSR count). The summed E-state index contributed by atoms with van der Waals surface area (Å²) in [6.07, 6.45) is 0. The molecule has 0 saturated heterocycles. The van der Waals surface area contributed by atoms with Crippen LogP contribution in [0.2, 0.25) is 0 Å². The lowest BCUT2D eigenvalue weighted by Crippen LogP contribution is -2.42. The smallest absolute Gasteiger partial charge is 0.315 e. The Bertz CT molecular complexity index is 1020. The van der Waals surface area contributed by atoms with Gasteiger partial charge in [0.1, 0.15) is 5.82 Å². The van der Waals surface area contributed by atoms with Gasteiger partial charge in [-0.1, -0.05) is 24.3 Å². The fraction of sp³-hybridized carbons (Fsp3) is 0.263. The van der Waals surface area contributed by atoms with Gasteiger partial charge in [0.25, 0.3) is 5.91 Å². The van der Waals surface area contributed by atoms with E-state index in [0.29, 0.717) is 11.1 Å². The lowest BCUT2D eigenvalue weighted by atomic mass is 10.1. The fourth-order valence-corrected chi connectivity index (χ4v) is 4.70. The molecule has 1 heterocycles. The minimum Gasteiger partial charge on any atom is -0.350 e. The van der Waals surface area contributed by atoms with E-state index >= 15 is 0 Å². The predicted molar refractivity (Wildman–Crippen MR) is 101 cm³/mol. The molecule has 2 aromatic carbocycles. The van der Waals surface area contributed by atoms with E-state index in [0.717, 1.165) is 6.07 Å². The van der Waals surface area contributed by atoms with Gasteiger partial charge in [-0.2, -0.15) is 0 Å². The molecular formula is C19H20FN3O4S. The Morgan fingerprint density at radius 3 is 2.57 bits per heavy atom. The Hall–Kier alpha value is -2.94. The Morgan fingerprint density at radius 1 is 1.11 bits per heavy atom. The van der Waals surface area contributed by atoms with Gasteiger partial charge in [0.15, 0.2) is 9.84 Å². The molecule has 0 saturated carbocycles. The van der Waals surface area contributed by atoms with E-state index in [1.807, 2.05) is 0 Å². The summed E-state index contributed by atoms with van der Waals surface area (Å²) < 4.78 is 37.7. The van der Waals surface area contributed by atoms with Crippen LogP contribution in [0.15, 0.2) is 47.4 Å². The molecule has 0 aromatic heterocycles. The number of aryl methyl sites for hydroxylation is 1. The molecular weight excluding hydrogens is 385 g/mol. The van der Waals surface area contributed by atoms with Crippen molar-refractivity contribution in [1.29, 1.82) is 0 Å². The molecule has 1 aliphatic heterocycles. The van der Waals surface area contributed by atoms with Gasteiger partial charge < -0.3 is 16.0 Å². The largest absolute Gasteiger partial charge is 0.350 e. The van der Waals surface area contributed by atoms with Crippen LogP contribution in [-0.4, -0.2) is 39.2 Å². The summed E-state index contributed by atoms with van der Waals surface area (Å²) in [6.45, 7) is 1.88. The quantitative estimate of drug-likeness (QED) is 0.659. The Balaban J connectivity index is 1.47. The molecule has 2 aromatic rings. The third-order valence-electron chi connectivity index (χ3n) is 4.45. The molecule has 148 valence electrons. The molecule has 0 fully saturated rings. The minimum atomic E-state index is -3.40. The number of fused-ring (bicyclic) bond motifs is 1. The van der Waals surface area contributed by atoms with E-state index in [4.69, 9.17) is 0 Å². The summed E-state index contributed by atoms with van der Waals surface area (Å²) in [7, 11) is -3.40. The van der Waals surface area contributed by atoms with Crippen molar-refractivity contribution < 1.29 is 22.4 Å². The first-order valence-electron chi connectivity index (χ1n) is 8.68. The Labute approximate surface area is 162 Å². The van der Waals surface area contributed by atoms with Crippen molar-refractivity contribution in [3.63, 3.8) is 0 Å². The zero-order valence-electron chi connectivity index (χ0n) is 15.2. The van der Waals surface area contributed by atoms with E-state index in [1.54, 1.807) is 25.1 Å². The number of carbonyl (C=O) groups excluding carboxylic acids is 2. The standard InChI is InChI=1S/C19H20FN3O4S/c1-12-6-7-13(10-15(12)20)18(24)21-8-9-22-19(25)23-16-11-28(26,27)17-5-3-2-4-14(16)17/h2-7,10,16H,8-9,11H2,1H3,(H,21,24)(H2,22,23,25)/t16-/m1/s1. The number of rotatable bonds is 5. The van der Waals surface area contributed by atoms with Crippen molar-refractivity contribution in [2.75, 3.05) is 18.8 Å². The van der Waals surface area contributed by atoms with Gasteiger partial charge in [0, 0.05) is 18.7 Å². The van der Waals surface area contributed by atoms with Gasteiger partial charge in [-0.05, 0) is 36.2 Å². The second kappa shape index (κ2) is 7.97. The molecule has 3 N–H and O–H groups in total. The zero-order chi connectivity index (χ0) is 20.3. The van der Waals surface area contributed by atoms with E-state index in [2.05, 4.69) is 16.0 Å². The SMILES string of the molecule is Cc1ccc(C(=O)NCCNC(=O)N[C@@H]2CS(=O)(=O)c3ccccc32)cc1F. The number of halogens is 1. The summed E-state index contributed by atoms with van der Waals surface area (Å²) in [5, 5.41) is 7.77. The highest BCUT2D eigenvalue weighted by Crippen LogP contribution is 2.32. The number of hydrogen-bond donors (Lipinski definition) is 3. The predicted octanol–water partition coefficient (Wildman–Crippen LogP) is 1.69. The molecule has 0 unspecified atom stereocenters. The van der Waals surface area contributed by atoms with Crippen LogP contribution in [0.25, 0.3) is 0 Å². The monoisotopic (exact) mass is 405 g/mol. The topological polar surface area (TPSA) is 104 Å². The van der Waals surface area contributed by atoms with Crippen LogP contribution in [0.1, 0.15) is 27.5 Å². The molecule has 0 radical (unpaired) electrons. The number of carbonyl (C=O) groups is 2. The molecule has 7 nitrogen and oxygen atoms in total. The first kappa shape index (κ1) is 19.8. The highest BCUT2D eigenvalue weighted by atomic mass is 32.2. The van der Waals surface area contributed by atoms with Crippen LogP contribution in [0.5, 0.6) is 0 Å². The fourth-order valence-electron chi connectivity index (χ4n) is 2.97. The first-order chi connectivity index (χ1) is 13.3. The van der Waals surface area contributed by atoms with Crippen molar-refractivity contribution in [3.8, 4) is 0 Å². The summed E-state index contributed by atoms with van der Waals surface area (Å²) in [4.78, 5) is 24.2. The Kier molecular flexibility index (Phi) is 5.64. The van der Waals surface area contributed by atoms with Crippen molar-refractivity contribution in [2.24, 2.45) is 0 Å². The average Bonchev–Trinajstić information content (AvgIpc) is 2.91. The van der Waals surface area contributed by atoms with E-state index in [1.165, 1.54) is 18.2 Å². The lowest BCUT2D eigenvalue weighted by molar-refractivity contribution is 0.0953. The third kappa shape index (κ3) is 4.30. The second-order valence-corrected chi connectivity index (χ2v) is 8.49. The van der Waals surface area contributed by atoms with Crippen molar-refractivity contribution in [2.45, 2.75) is 17.9 Å². The summed E-state index contributed by atoms with van der Waals surface area (Å²) in [5.74, 6) is -1.09. The van der Waals surface area contributed by atoms with Gasteiger partial charge in [0.2, 0.25) is 0 Å². The minimum absolute atomic E-state index is 0.132. The molecule has 28 heavy (non-hydrogen) atoms. The lowest BCUT2D eigenvalue weighted by Gasteiger charge is -2.14. The zero-order valence-corrected chi connectivity index (χ0v) is 16.0. The van der Waals surface area contributed by atoms with Crippen LogP contribution < -0.4 is 16.0 Å². The van der Waals surface area contributed by atoms with Crippen molar-refractivity contribution in [1.82, 2.24) is 16.0 Å². The van der Waals surface area contributed by atoms with Gasteiger partial charge in [-0.3, -0.25) is 4.79 Å². The van der Waals surface area contributed by atoms with Gasteiger partial charge in [-0.25, -0.2) is 17.6 Å². The van der Waals surface area contributed by atoms with E-state index in [9.17, 15) is 22.4 Å². The number of benzene rings is 2. The van der Waals surface area contributed by atoms with Crippen LogP contribution in [0.4, 0.5) is 9.18 Å². The van der Waals surface area contributed by atoms with Crippen LogP contribution in [0.3, 0.4) is 0 Å². The van der Waals surface area contributed by atoms with Gasteiger partial charge >= 0.3 is 6.03 Å². The average molecular weight is 405 g/mol. The number of amides is 3. The normalized spacial score (nSPS) is 16.9. The second-order valence-electron chi connectivity index (χ2n) is 6.49. The molecule has 3 amide bonds. The van der Waals surface area contributed by atoms with Crippen LogP contribution in [0, 0.1) is 12.7 Å². The van der Waals surface area contributed by atoms with E-state index in [-0.39, 0.29) is 29.3 Å². The molecule has 0 aliphatic carbocycles. The highest BCUT2D eigenvalue weighted by molar-refractivity contribution is 7.91. The molecule has 1 aliphatic rings. The molecule has 9 heteroatoms. The summed E-state index contributed by atoms with van der Waals surface area (Å²) >= 11 is 0. The number of urea groups is 1. The number of nitrogens with one attached hydrogen (secondary N) is 3. The Morgan fingerprint density at radius 2 is 1.82 bits per heavy atom. The van der Waals surface area contributed by atoms with E-state index < -0.39 is 33.6 Å². The maximum absolute atomic E-state index is 13.5. The summed E-state index contributed by atoms with van der Waals surface area (Å²) in [5.41, 5.74) is 1.21. The maximum Gasteiger partial charge on any atom is 0.315 e. The van der Waals surface area contributed by atoms with Crippen LogP contribution >= 0.6 is 0 Å². The van der Waals surface area contributed by atoms with Gasteiger partial charge in [-0.15, -0.1) is 0 Å². The third-order valence-corrected chi connectivity index (χ3v) is 6.27. The molecule has 0 bridgehead atoms. The molecule has 1 atom stereocenters. The molecule has 0 spiro atoms. The van der Waals surface area contributed by atoms with Crippen molar-refractivity contribution in [3.05, 3.63) is 65.0 Å². The maximum atomic E-state index is 13.5. The summed E-state index contributed by atoms with van der Waals surface area (Å²) in [6, 6.07) is 9.59. The number of sulfone groups is 1. The number of hydrogen-bond acceptors (Lipinski definition) is 4. The van der Waals surface area contributed by atoms with Crippen LogP contribution in [-0.2, 0) is 9.84 Å².